The van der Waals surface area contributed by atoms with Crippen molar-refractivity contribution < 1.29 is 23.5 Å². The van der Waals surface area contributed by atoms with E-state index in [1.807, 2.05) is 6.92 Å². The summed E-state index contributed by atoms with van der Waals surface area (Å²) in [5.74, 6) is -0.967. The van der Waals surface area contributed by atoms with Crippen LogP contribution >= 0.6 is 0 Å². The molecule has 0 spiro atoms. The van der Waals surface area contributed by atoms with E-state index in [2.05, 4.69) is 5.32 Å². The Labute approximate surface area is 136 Å². The number of alkyl carbamates (subject to hydrolysis) is 1. The molecule has 1 aromatic rings. The first-order chi connectivity index (χ1) is 10.6. The Hall–Kier alpha value is -2.11. The highest BCUT2D eigenvalue weighted by Gasteiger charge is 2.20. The van der Waals surface area contributed by atoms with Crippen molar-refractivity contribution in [2.75, 3.05) is 6.54 Å². The van der Waals surface area contributed by atoms with Gasteiger partial charge in [0, 0.05) is 5.92 Å². The summed E-state index contributed by atoms with van der Waals surface area (Å²) in [7, 11) is 0. The third-order valence-corrected chi connectivity index (χ3v) is 3.19. The molecule has 2 atom stereocenters. The summed E-state index contributed by atoms with van der Waals surface area (Å²) in [6.07, 6.45) is -1.08. The number of amides is 1. The van der Waals surface area contributed by atoms with Gasteiger partial charge in [-0.2, -0.15) is 0 Å². The number of hydrogen-bond acceptors (Lipinski definition) is 4. The molecule has 1 N–H and O–H groups in total. The first-order valence-electron chi connectivity index (χ1n) is 7.50. The van der Waals surface area contributed by atoms with Crippen LogP contribution < -0.4 is 5.32 Å². The van der Waals surface area contributed by atoms with Gasteiger partial charge >= 0.3 is 12.1 Å². The molecule has 0 aliphatic heterocycles. The standard InChI is InChI=1S/C17H24FNO4/c1-11(13-6-8-14(18)9-7-13)12(2)22-15(20)10-19-16(21)23-17(3,4)5/h6-9,11-12H,10H2,1-5H3,(H,19,21)/t11-,12+/m0/s1. The number of ether oxygens (including phenoxy) is 2. The number of esters is 1. The summed E-state index contributed by atoms with van der Waals surface area (Å²) in [6, 6.07) is 6.04. The predicted octanol–water partition coefficient (Wildman–Crippen LogP) is 3.39. The Morgan fingerprint density at radius 3 is 2.26 bits per heavy atom. The molecule has 5 nitrogen and oxygen atoms in total. The van der Waals surface area contributed by atoms with E-state index in [9.17, 15) is 14.0 Å². The molecule has 0 aliphatic rings. The fraction of sp³-hybridized carbons (Fsp3) is 0.529. The molecule has 0 radical (unpaired) electrons. The number of benzene rings is 1. The molecule has 0 saturated carbocycles. The third kappa shape index (κ3) is 7.13. The van der Waals surface area contributed by atoms with Crippen molar-refractivity contribution in [1.29, 1.82) is 0 Å². The van der Waals surface area contributed by atoms with E-state index < -0.39 is 23.8 Å². The highest BCUT2D eigenvalue weighted by molar-refractivity contribution is 5.78. The molecule has 0 aliphatic carbocycles. The average Bonchev–Trinajstić information content (AvgIpc) is 2.43. The zero-order chi connectivity index (χ0) is 17.6. The minimum absolute atomic E-state index is 0.0962. The van der Waals surface area contributed by atoms with Crippen LogP contribution in [-0.2, 0) is 14.3 Å². The van der Waals surface area contributed by atoms with Gasteiger partial charge < -0.3 is 14.8 Å². The molecule has 0 fully saturated rings. The number of nitrogens with one attached hydrogen (secondary N) is 1. The van der Waals surface area contributed by atoms with Gasteiger partial charge in [0.25, 0.3) is 0 Å². The summed E-state index contributed by atoms with van der Waals surface area (Å²) in [5, 5.41) is 2.35. The van der Waals surface area contributed by atoms with E-state index in [1.54, 1.807) is 39.8 Å². The second-order valence-electron chi connectivity index (χ2n) is 6.39. The summed E-state index contributed by atoms with van der Waals surface area (Å²) in [5.41, 5.74) is 0.241. The molecule has 0 aromatic heterocycles. The number of carbonyl (C=O) groups excluding carboxylic acids is 2. The van der Waals surface area contributed by atoms with Crippen molar-refractivity contribution in [3.05, 3.63) is 35.6 Å². The Morgan fingerprint density at radius 2 is 1.74 bits per heavy atom. The number of hydrogen-bond donors (Lipinski definition) is 1. The molecule has 1 rings (SSSR count). The van der Waals surface area contributed by atoms with Crippen molar-refractivity contribution >= 4 is 12.1 Å². The van der Waals surface area contributed by atoms with E-state index in [4.69, 9.17) is 9.47 Å². The lowest BCUT2D eigenvalue weighted by molar-refractivity contribution is -0.148. The van der Waals surface area contributed by atoms with Crippen molar-refractivity contribution in [2.45, 2.75) is 52.2 Å². The quantitative estimate of drug-likeness (QED) is 0.843. The fourth-order valence-corrected chi connectivity index (χ4v) is 1.85. The Balaban J connectivity index is 2.44. The van der Waals surface area contributed by atoms with Crippen molar-refractivity contribution in [3.8, 4) is 0 Å². The first kappa shape index (κ1) is 18.9. The van der Waals surface area contributed by atoms with Crippen LogP contribution in [0.3, 0.4) is 0 Å². The number of halogens is 1. The Bertz CT molecular complexity index is 537. The predicted molar refractivity (Wildman–Crippen MR) is 84.6 cm³/mol. The maximum atomic E-state index is 12.9. The van der Waals surface area contributed by atoms with Crippen LogP contribution in [0, 0.1) is 5.82 Å². The summed E-state index contributed by atoms with van der Waals surface area (Å²) in [4.78, 5) is 23.2. The van der Waals surface area contributed by atoms with Crippen LogP contribution in [0.15, 0.2) is 24.3 Å². The van der Waals surface area contributed by atoms with Crippen molar-refractivity contribution in [1.82, 2.24) is 5.32 Å². The number of carbonyl (C=O) groups is 2. The topological polar surface area (TPSA) is 64.6 Å². The molecule has 6 heteroatoms. The van der Waals surface area contributed by atoms with E-state index in [-0.39, 0.29) is 18.3 Å². The molecule has 0 unspecified atom stereocenters. The fourth-order valence-electron chi connectivity index (χ4n) is 1.85. The number of rotatable bonds is 5. The van der Waals surface area contributed by atoms with Gasteiger partial charge in [0.15, 0.2) is 0 Å². The van der Waals surface area contributed by atoms with Gasteiger partial charge in [-0.15, -0.1) is 0 Å². The van der Waals surface area contributed by atoms with E-state index in [0.29, 0.717) is 0 Å². The van der Waals surface area contributed by atoms with Crippen LogP contribution in [0.1, 0.15) is 46.1 Å². The van der Waals surface area contributed by atoms with Crippen molar-refractivity contribution in [3.63, 3.8) is 0 Å². The normalized spacial score (nSPS) is 13.8. The second-order valence-corrected chi connectivity index (χ2v) is 6.39. The van der Waals surface area contributed by atoms with E-state index in [0.717, 1.165) is 5.56 Å². The minimum Gasteiger partial charge on any atom is -0.461 e. The Kier molecular flexibility index (Phi) is 6.54. The summed E-state index contributed by atoms with van der Waals surface area (Å²) >= 11 is 0. The third-order valence-electron chi connectivity index (χ3n) is 3.19. The maximum Gasteiger partial charge on any atom is 0.408 e. The van der Waals surface area contributed by atoms with E-state index in [1.165, 1.54) is 12.1 Å². The van der Waals surface area contributed by atoms with Gasteiger partial charge in [0.2, 0.25) is 0 Å². The zero-order valence-electron chi connectivity index (χ0n) is 14.2. The molecular weight excluding hydrogens is 301 g/mol. The molecule has 1 aromatic carbocycles. The van der Waals surface area contributed by atoms with Gasteiger partial charge in [-0.1, -0.05) is 19.1 Å². The van der Waals surface area contributed by atoms with Gasteiger partial charge in [0.05, 0.1) is 0 Å². The van der Waals surface area contributed by atoms with Crippen LogP contribution in [0.5, 0.6) is 0 Å². The first-order valence-corrected chi connectivity index (χ1v) is 7.50. The zero-order valence-corrected chi connectivity index (χ0v) is 14.2. The second kappa shape index (κ2) is 7.94. The highest BCUT2D eigenvalue weighted by Crippen LogP contribution is 2.21. The molecule has 0 heterocycles. The van der Waals surface area contributed by atoms with Crippen LogP contribution in [0.2, 0.25) is 0 Å². The highest BCUT2D eigenvalue weighted by atomic mass is 19.1. The van der Waals surface area contributed by atoms with Crippen LogP contribution in [-0.4, -0.2) is 30.3 Å². The molecule has 1 amide bonds. The lowest BCUT2D eigenvalue weighted by Gasteiger charge is -2.22. The molecule has 0 bridgehead atoms. The SMILES string of the molecule is C[C@H](c1ccc(F)cc1)[C@@H](C)OC(=O)CNC(=O)OC(C)(C)C. The Morgan fingerprint density at radius 1 is 1.17 bits per heavy atom. The van der Waals surface area contributed by atoms with Gasteiger partial charge in [-0.05, 0) is 45.4 Å². The monoisotopic (exact) mass is 325 g/mol. The van der Waals surface area contributed by atoms with Gasteiger partial charge in [-0.3, -0.25) is 4.79 Å². The minimum atomic E-state index is -0.673. The van der Waals surface area contributed by atoms with Crippen molar-refractivity contribution in [2.24, 2.45) is 0 Å². The lowest BCUT2D eigenvalue weighted by Crippen LogP contribution is -2.37. The molecule has 23 heavy (non-hydrogen) atoms. The maximum absolute atomic E-state index is 12.9. The molecule has 128 valence electrons. The van der Waals surface area contributed by atoms with Crippen LogP contribution in [0.25, 0.3) is 0 Å². The molecule has 0 saturated heterocycles. The van der Waals surface area contributed by atoms with Gasteiger partial charge in [0.1, 0.15) is 24.1 Å². The lowest BCUT2D eigenvalue weighted by atomic mass is 9.96. The molecular formula is C17H24FNO4. The smallest absolute Gasteiger partial charge is 0.408 e. The summed E-state index contributed by atoms with van der Waals surface area (Å²) in [6.45, 7) is 8.56. The largest absolute Gasteiger partial charge is 0.461 e. The van der Waals surface area contributed by atoms with Crippen LogP contribution in [0.4, 0.5) is 9.18 Å². The average molecular weight is 325 g/mol. The van der Waals surface area contributed by atoms with E-state index >= 15 is 0 Å². The van der Waals surface area contributed by atoms with Gasteiger partial charge in [-0.25, -0.2) is 9.18 Å². The summed E-state index contributed by atoms with van der Waals surface area (Å²) < 4.78 is 23.2.